The predicted molar refractivity (Wildman–Crippen MR) is 120 cm³/mol. The van der Waals surface area contributed by atoms with Gasteiger partial charge in [-0.15, -0.1) is 11.3 Å². The molecule has 7 heteroatoms. The van der Waals surface area contributed by atoms with Crippen molar-refractivity contribution in [2.24, 2.45) is 5.92 Å². The molecule has 1 saturated heterocycles. The fourth-order valence-corrected chi connectivity index (χ4v) is 4.50. The summed E-state index contributed by atoms with van der Waals surface area (Å²) in [6, 6.07) is 9.71. The van der Waals surface area contributed by atoms with Gasteiger partial charge in [-0.1, -0.05) is 32.0 Å². The summed E-state index contributed by atoms with van der Waals surface area (Å²) in [6.45, 7) is 9.98. The van der Waals surface area contributed by atoms with Gasteiger partial charge in [0.05, 0.1) is 28.4 Å². The molecule has 1 aliphatic heterocycles. The van der Waals surface area contributed by atoms with Gasteiger partial charge in [-0.3, -0.25) is 9.69 Å². The molecule has 1 N–H and O–H groups in total. The van der Waals surface area contributed by atoms with Crippen LogP contribution in [0, 0.1) is 12.8 Å². The van der Waals surface area contributed by atoms with Crippen LogP contribution >= 0.6 is 11.3 Å². The summed E-state index contributed by atoms with van der Waals surface area (Å²) in [5, 5.41) is 5.00. The van der Waals surface area contributed by atoms with Crippen LogP contribution in [0.1, 0.15) is 45.9 Å². The van der Waals surface area contributed by atoms with E-state index in [1.807, 2.05) is 43.5 Å². The topological polar surface area (TPSA) is 67.4 Å². The van der Waals surface area contributed by atoms with E-state index in [1.165, 1.54) is 4.88 Å². The van der Waals surface area contributed by atoms with Gasteiger partial charge in [0.15, 0.2) is 0 Å². The van der Waals surface area contributed by atoms with E-state index in [1.54, 1.807) is 11.3 Å². The maximum Gasteiger partial charge on any atom is 0.252 e. The number of carbonyl (C=O) groups excluding carboxylic acids is 1. The van der Waals surface area contributed by atoms with Crippen molar-refractivity contribution >= 4 is 28.1 Å². The van der Waals surface area contributed by atoms with Crippen molar-refractivity contribution in [3.8, 4) is 0 Å². The first-order valence-electron chi connectivity index (χ1n) is 10.4. The predicted octanol–water partition coefficient (Wildman–Crippen LogP) is 3.96. The molecule has 6 nitrogen and oxygen atoms in total. The van der Waals surface area contributed by atoms with Crippen molar-refractivity contribution in [1.29, 1.82) is 0 Å². The van der Waals surface area contributed by atoms with Crippen LogP contribution in [0.4, 0.5) is 0 Å². The van der Waals surface area contributed by atoms with Crippen molar-refractivity contribution in [1.82, 2.24) is 20.2 Å². The molecule has 1 aliphatic rings. The van der Waals surface area contributed by atoms with Gasteiger partial charge in [-0.05, 0) is 25.0 Å². The molecule has 0 bridgehead atoms. The van der Waals surface area contributed by atoms with Gasteiger partial charge < -0.3 is 10.1 Å². The molecule has 30 heavy (non-hydrogen) atoms. The van der Waals surface area contributed by atoms with Crippen LogP contribution < -0.4 is 5.32 Å². The van der Waals surface area contributed by atoms with Crippen LogP contribution in [0.2, 0.25) is 0 Å². The molecule has 3 heterocycles. The van der Waals surface area contributed by atoms with Crippen molar-refractivity contribution < 1.29 is 9.53 Å². The highest BCUT2D eigenvalue weighted by Gasteiger charge is 2.25. The number of hydrogen-bond donors (Lipinski definition) is 1. The third kappa shape index (κ3) is 4.86. The summed E-state index contributed by atoms with van der Waals surface area (Å²) in [7, 11) is 0. The number of benzene rings is 1. The number of morpholine rings is 1. The van der Waals surface area contributed by atoms with Crippen LogP contribution in [0.5, 0.6) is 0 Å². The normalized spacial score (nSPS) is 17.5. The van der Waals surface area contributed by atoms with E-state index < -0.39 is 0 Å². The van der Waals surface area contributed by atoms with Crippen molar-refractivity contribution in [3.63, 3.8) is 0 Å². The molecule has 0 radical (unpaired) electrons. The molecule has 0 saturated carbocycles. The number of aryl methyl sites for hydroxylation is 1. The van der Waals surface area contributed by atoms with Gasteiger partial charge in [0.1, 0.15) is 6.10 Å². The van der Waals surface area contributed by atoms with E-state index in [-0.39, 0.29) is 12.0 Å². The van der Waals surface area contributed by atoms with E-state index in [0.29, 0.717) is 24.6 Å². The largest absolute Gasteiger partial charge is 0.369 e. The first-order valence-corrected chi connectivity index (χ1v) is 11.2. The molecular weight excluding hydrogens is 396 g/mol. The number of para-hydroxylation sites is 1. The Hall–Kier alpha value is -2.35. The number of amides is 1. The summed E-state index contributed by atoms with van der Waals surface area (Å²) in [6.07, 6.45) is 1.80. The van der Waals surface area contributed by atoms with E-state index in [2.05, 4.69) is 29.0 Å². The number of pyridine rings is 1. The van der Waals surface area contributed by atoms with Crippen LogP contribution in [0.15, 0.2) is 36.5 Å². The number of hydrogen-bond acceptors (Lipinski definition) is 6. The minimum absolute atomic E-state index is 0.0589. The van der Waals surface area contributed by atoms with E-state index in [0.717, 1.165) is 41.2 Å². The Balaban J connectivity index is 1.59. The van der Waals surface area contributed by atoms with Crippen LogP contribution in [-0.2, 0) is 11.3 Å². The molecule has 0 aliphatic carbocycles. The SMILES string of the molecule is Cc1ncc(CN2CCO[C@H](c3cc(C(=O)NCC(C)C)c4ccccc4n3)C2)s1. The average Bonchev–Trinajstić information content (AvgIpc) is 3.15. The second kappa shape index (κ2) is 9.20. The number of ether oxygens (including phenoxy) is 1. The standard InChI is InChI=1S/C23H28N4O2S/c1-15(2)11-25-23(28)19-10-21(26-20-7-5-4-6-18(19)20)22-14-27(8-9-29-22)13-17-12-24-16(3)30-17/h4-7,10,12,15,22H,8-9,11,13-14H2,1-3H3,(H,25,28)/t22-/m0/s1. The summed E-state index contributed by atoms with van der Waals surface area (Å²) in [5.41, 5.74) is 2.30. The lowest BCUT2D eigenvalue weighted by Crippen LogP contribution is -2.38. The van der Waals surface area contributed by atoms with Gasteiger partial charge in [0.2, 0.25) is 0 Å². The third-order valence-electron chi connectivity index (χ3n) is 5.18. The monoisotopic (exact) mass is 424 g/mol. The van der Waals surface area contributed by atoms with Crippen molar-refractivity contribution in [3.05, 3.63) is 57.7 Å². The average molecular weight is 425 g/mol. The van der Waals surface area contributed by atoms with Gasteiger partial charge >= 0.3 is 0 Å². The Morgan fingerprint density at radius 1 is 1.37 bits per heavy atom. The fraction of sp³-hybridized carbons (Fsp3) is 0.435. The highest BCUT2D eigenvalue weighted by atomic mass is 32.1. The van der Waals surface area contributed by atoms with Crippen molar-refractivity contribution in [2.75, 3.05) is 26.2 Å². The molecule has 1 fully saturated rings. The Morgan fingerprint density at radius 2 is 2.20 bits per heavy atom. The third-order valence-corrected chi connectivity index (χ3v) is 6.08. The Morgan fingerprint density at radius 3 is 2.97 bits per heavy atom. The van der Waals surface area contributed by atoms with Crippen molar-refractivity contribution in [2.45, 2.75) is 33.4 Å². The van der Waals surface area contributed by atoms with Crippen LogP contribution in [0.3, 0.4) is 0 Å². The quantitative estimate of drug-likeness (QED) is 0.649. The van der Waals surface area contributed by atoms with E-state index in [9.17, 15) is 4.79 Å². The molecule has 2 aromatic heterocycles. The minimum Gasteiger partial charge on any atom is -0.369 e. The molecular formula is C23H28N4O2S. The van der Waals surface area contributed by atoms with Crippen LogP contribution in [-0.4, -0.2) is 47.0 Å². The highest BCUT2D eigenvalue weighted by molar-refractivity contribution is 7.11. The number of rotatable bonds is 6. The molecule has 1 amide bonds. The molecule has 3 aromatic rings. The van der Waals surface area contributed by atoms with Gasteiger partial charge in [-0.2, -0.15) is 0 Å². The zero-order chi connectivity index (χ0) is 21.1. The first-order chi connectivity index (χ1) is 14.5. The molecule has 0 spiro atoms. The lowest BCUT2D eigenvalue weighted by atomic mass is 10.0. The molecule has 4 rings (SSSR count). The first kappa shape index (κ1) is 20.9. The van der Waals surface area contributed by atoms with Crippen LogP contribution in [0.25, 0.3) is 10.9 Å². The second-order valence-electron chi connectivity index (χ2n) is 8.16. The molecule has 158 valence electrons. The lowest BCUT2D eigenvalue weighted by Gasteiger charge is -2.32. The van der Waals surface area contributed by atoms with Gasteiger partial charge in [0.25, 0.3) is 5.91 Å². The molecule has 0 unspecified atom stereocenters. The Kier molecular flexibility index (Phi) is 6.41. The maximum atomic E-state index is 12.9. The van der Waals surface area contributed by atoms with E-state index in [4.69, 9.17) is 9.72 Å². The summed E-state index contributed by atoms with van der Waals surface area (Å²) < 4.78 is 6.07. The number of thiazole rings is 1. The van der Waals surface area contributed by atoms with Gasteiger partial charge in [-0.25, -0.2) is 9.97 Å². The summed E-state index contributed by atoms with van der Waals surface area (Å²) in [5.74, 6) is 0.337. The summed E-state index contributed by atoms with van der Waals surface area (Å²) >= 11 is 1.73. The summed E-state index contributed by atoms with van der Waals surface area (Å²) in [4.78, 5) is 25.7. The van der Waals surface area contributed by atoms with Gasteiger partial charge in [0, 0.05) is 42.6 Å². The second-order valence-corrected chi connectivity index (χ2v) is 9.48. The zero-order valence-electron chi connectivity index (χ0n) is 17.7. The fourth-order valence-electron chi connectivity index (χ4n) is 3.66. The Bertz CT molecular complexity index is 1030. The highest BCUT2D eigenvalue weighted by Crippen LogP contribution is 2.27. The number of nitrogens with zero attached hydrogens (tertiary/aromatic N) is 3. The molecule has 1 atom stereocenters. The van der Waals surface area contributed by atoms with E-state index >= 15 is 0 Å². The number of nitrogens with one attached hydrogen (secondary N) is 1. The number of aromatic nitrogens is 2. The number of fused-ring (bicyclic) bond motifs is 1. The zero-order valence-corrected chi connectivity index (χ0v) is 18.5. The Labute approximate surface area is 181 Å². The minimum atomic E-state index is -0.158. The maximum absolute atomic E-state index is 12.9. The molecule has 1 aromatic carbocycles. The smallest absolute Gasteiger partial charge is 0.252 e. The lowest BCUT2D eigenvalue weighted by molar-refractivity contribution is -0.0345. The number of carbonyl (C=O) groups is 1.